The minimum Gasteiger partial charge on any atom is -0.0622 e. The van der Waals surface area contributed by atoms with Crippen LogP contribution in [0.4, 0.5) is 0 Å². The van der Waals surface area contributed by atoms with Crippen LogP contribution in [0, 0.1) is 0 Å². The molecule has 5 aromatic carbocycles. The molecule has 4 heteroatoms. The molecule has 0 aliphatic carbocycles. The molecular weight excluding hydrogens is 553 g/mol. The summed E-state index contributed by atoms with van der Waals surface area (Å²) in [4.78, 5) is 8.01. The van der Waals surface area contributed by atoms with E-state index in [1.54, 1.807) is 0 Å². The monoisotopic (exact) mass is 599 g/mol. The van der Waals surface area contributed by atoms with E-state index in [0.717, 1.165) is 58.9 Å². The molecular formula is C40H46N3P. The van der Waals surface area contributed by atoms with E-state index in [-0.39, 0.29) is 0 Å². The van der Waals surface area contributed by atoms with Crippen LogP contribution in [0.1, 0.15) is 11.1 Å². The fourth-order valence-electron chi connectivity index (χ4n) is 6.84. The van der Waals surface area contributed by atoms with Crippen LogP contribution in [-0.2, 0) is 13.1 Å². The molecule has 226 valence electrons. The molecule has 0 amide bonds. The molecule has 44 heavy (non-hydrogen) atoms. The van der Waals surface area contributed by atoms with Crippen LogP contribution in [-0.4, -0.2) is 66.7 Å². The molecule has 0 bridgehead atoms. The molecule has 0 unspecified atom stereocenters. The second kappa shape index (κ2) is 15.4. The standard InChI is InChI=1S/C40H46N3P/c1-6-16-36(17-7-1)34-43(35-37-18-8-2-9-19-37)31-30-41-26-28-42(29-27-41)32-33-44(38-20-10-3-11-21-38,39-22-12-4-13-23-39)40-24-14-5-15-25-40/h1-25,44H,26-35H2. The van der Waals surface area contributed by atoms with Crippen LogP contribution >= 0.6 is 7.26 Å². The van der Waals surface area contributed by atoms with Crippen LogP contribution < -0.4 is 15.9 Å². The molecule has 3 nitrogen and oxygen atoms in total. The average molecular weight is 600 g/mol. The molecule has 0 N–H and O–H groups in total. The number of nitrogens with zero attached hydrogens (tertiary/aromatic N) is 3. The summed E-state index contributed by atoms with van der Waals surface area (Å²) in [5, 5.41) is 4.52. The Kier molecular flexibility index (Phi) is 10.7. The van der Waals surface area contributed by atoms with Crippen molar-refractivity contribution in [3.05, 3.63) is 163 Å². The first kappa shape index (κ1) is 30.4. The molecule has 5 aromatic rings. The Morgan fingerprint density at radius 3 is 1.16 bits per heavy atom. The Bertz CT molecular complexity index is 1370. The van der Waals surface area contributed by atoms with Crippen LogP contribution in [0.25, 0.3) is 0 Å². The SMILES string of the molecule is c1ccc(CN(CCN2CCN(CC[PH](c3ccccc3)(c3ccccc3)c3ccccc3)CC2)Cc2ccccc2)cc1. The summed E-state index contributed by atoms with van der Waals surface area (Å²) >= 11 is 0. The number of benzene rings is 5. The first-order valence-corrected chi connectivity index (χ1v) is 18.4. The third kappa shape index (κ3) is 7.73. The van der Waals surface area contributed by atoms with E-state index in [0.29, 0.717) is 0 Å². The van der Waals surface area contributed by atoms with Crippen molar-refractivity contribution in [3.63, 3.8) is 0 Å². The summed E-state index contributed by atoms with van der Waals surface area (Å²) < 4.78 is 0. The number of hydrogen-bond acceptors (Lipinski definition) is 3. The van der Waals surface area contributed by atoms with Crippen molar-refractivity contribution in [1.82, 2.24) is 14.7 Å². The van der Waals surface area contributed by atoms with Gasteiger partial charge in [0.25, 0.3) is 0 Å². The Morgan fingerprint density at radius 1 is 0.432 bits per heavy atom. The van der Waals surface area contributed by atoms with Gasteiger partial charge in [-0.1, -0.05) is 36.4 Å². The van der Waals surface area contributed by atoms with Gasteiger partial charge in [0.05, 0.1) is 0 Å². The second-order valence-electron chi connectivity index (χ2n) is 12.1. The van der Waals surface area contributed by atoms with Crippen molar-refractivity contribution in [2.45, 2.75) is 13.1 Å². The van der Waals surface area contributed by atoms with Gasteiger partial charge in [-0.2, -0.15) is 0 Å². The van der Waals surface area contributed by atoms with E-state index >= 15 is 0 Å². The second-order valence-corrected chi connectivity index (χ2v) is 16.2. The van der Waals surface area contributed by atoms with Crippen LogP contribution in [0.2, 0.25) is 0 Å². The summed E-state index contributed by atoms with van der Waals surface area (Å²) in [7, 11) is -2.19. The molecule has 1 aliphatic heterocycles. The smallest absolute Gasteiger partial charge is 0.0622 e. The molecule has 1 heterocycles. The van der Waals surface area contributed by atoms with Crippen molar-refractivity contribution in [1.29, 1.82) is 0 Å². The molecule has 1 aliphatic rings. The molecule has 6 rings (SSSR count). The molecule has 0 saturated carbocycles. The van der Waals surface area contributed by atoms with Crippen molar-refractivity contribution >= 4 is 23.2 Å². The predicted octanol–water partition coefficient (Wildman–Crippen LogP) is 6.03. The maximum atomic E-state index is 2.72. The minimum absolute atomic E-state index is 0.987. The number of rotatable bonds is 13. The van der Waals surface area contributed by atoms with Gasteiger partial charge >= 0.3 is 229 Å². The van der Waals surface area contributed by atoms with Gasteiger partial charge in [0.1, 0.15) is 0 Å². The predicted molar refractivity (Wildman–Crippen MR) is 191 cm³/mol. The zero-order valence-corrected chi connectivity index (χ0v) is 26.8. The average Bonchev–Trinajstić information content (AvgIpc) is 3.10. The molecule has 1 fully saturated rings. The molecule has 0 atom stereocenters. The molecule has 0 radical (unpaired) electrons. The quantitative estimate of drug-likeness (QED) is 0.153. The Hall–Kier alpha value is -3.59. The van der Waals surface area contributed by atoms with Gasteiger partial charge in [0, 0.05) is 0 Å². The van der Waals surface area contributed by atoms with E-state index in [4.69, 9.17) is 0 Å². The van der Waals surface area contributed by atoms with Crippen molar-refractivity contribution < 1.29 is 0 Å². The van der Waals surface area contributed by atoms with Gasteiger partial charge in [-0.3, -0.25) is 0 Å². The summed E-state index contributed by atoms with van der Waals surface area (Å²) in [6.07, 6.45) is 1.19. The first-order valence-electron chi connectivity index (χ1n) is 16.2. The summed E-state index contributed by atoms with van der Waals surface area (Å²) in [5.41, 5.74) is 2.77. The van der Waals surface area contributed by atoms with E-state index in [2.05, 4.69) is 166 Å². The van der Waals surface area contributed by atoms with Crippen molar-refractivity contribution in [2.75, 3.05) is 52.0 Å². The minimum atomic E-state index is -2.19. The van der Waals surface area contributed by atoms with Gasteiger partial charge in [0.15, 0.2) is 0 Å². The van der Waals surface area contributed by atoms with Crippen LogP contribution in [0.5, 0.6) is 0 Å². The number of hydrogen-bond donors (Lipinski definition) is 0. The van der Waals surface area contributed by atoms with Crippen molar-refractivity contribution in [2.24, 2.45) is 0 Å². The van der Waals surface area contributed by atoms with Gasteiger partial charge in [-0.05, 0) is 0 Å². The fraction of sp³-hybridized carbons (Fsp3) is 0.250. The van der Waals surface area contributed by atoms with Gasteiger partial charge in [0.2, 0.25) is 0 Å². The maximum absolute atomic E-state index is 2.72. The van der Waals surface area contributed by atoms with E-state index in [9.17, 15) is 0 Å². The topological polar surface area (TPSA) is 9.72 Å². The summed E-state index contributed by atoms with van der Waals surface area (Å²) in [5.74, 6) is 0. The normalized spacial score (nSPS) is 14.9. The van der Waals surface area contributed by atoms with Gasteiger partial charge in [-0.15, -0.1) is 0 Å². The van der Waals surface area contributed by atoms with Crippen LogP contribution in [0.3, 0.4) is 0 Å². The number of piperazine rings is 1. The zero-order chi connectivity index (χ0) is 29.9. The summed E-state index contributed by atoms with van der Waals surface area (Å²) in [6, 6.07) is 55.9. The van der Waals surface area contributed by atoms with Crippen LogP contribution in [0.15, 0.2) is 152 Å². The molecule has 0 spiro atoms. The first-order chi connectivity index (χ1) is 21.8. The van der Waals surface area contributed by atoms with Gasteiger partial charge < -0.3 is 0 Å². The Balaban J connectivity index is 1.10. The molecule has 1 saturated heterocycles. The van der Waals surface area contributed by atoms with Crippen molar-refractivity contribution in [3.8, 4) is 0 Å². The molecule has 0 aromatic heterocycles. The summed E-state index contributed by atoms with van der Waals surface area (Å²) in [6.45, 7) is 9.86. The zero-order valence-electron chi connectivity index (χ0n) is 25.8. The van der Waals surface area contributed by atoms with Gasteiger partial charge in [-0.25, -0.2) is 0 Å². The fourth-order valence-corrected chi connectivity index (χ4v) is 11.6. The van der Waals surface area contributed by atoms with E-state index in [1.807, 2.05) is 0 Å². The third-order valence-electron chi connectivity index (χ3n) is 9.30. The Morgan fingerprint density at radius 2 is 0.773 bits per heavy atom. The van der Waals surface area contributed by atoms with E-state index < -0.39 is 7.26 Å². The van der Waals surface area contributed by atoms with E-state index in [1.165, 1.54) is 33.2 Å². The Labute approximate surface area is 265 Å². The third-order valence-corrected chi connectivity index (χ3v) is 14.2.